The van der Waals surface area contributed by atoms with Gasteiger partial charge in [0.15, 0.2) is 0 Å². The zero-order chi connectivity index (χ0) is 9.11. The Hall–Kier alpha value is -1.04. The van der Waals surface area contributed by atoms with Crippen molar-refractivity contribution in [3.63, 3.8) is 0 Å². The number of amides is 1. The Kier molecular flexibility index (Phi) is 13.4. The maximum atomic E-state index is 10.5. The summed E-state index contributed by atoms with van der Waals surface area (Å²) < 4.78 is 0. The second-order valence-corrected chi connectivity index (χ2v) is 1.68. The van der Waals surface area contributed by atoms with Crippen LogP contribution in [0.4, 0.5) is 0 Å². The van der Waals surface area contributed by atoms with E-state index in [-0.39, 0.29) is 12.3 Å². The van der Waals surface area contributed by atoms with E-state index in [1.165, 1.54) is 0 Å². The highest BCUT2D eigenvalue weighted by atomic mass is 16.1. The normalized spacial score (nSPS) is 7.09. The summed E-state index contributed by atoms with van der Waals surface area (Å²) >= 11 is 0. The SMILES string of the molecule is CC.CCCNC(=O)CC#N. The van der Waals surface area contributed by atoms with Gasteiger partial charge < -0.3 is 5.32 Å². The maximum Gasteiger partial charge on any atom is 0.234 e. The van der Waals surface area contributed by atoms with Crippen LogP contribution in [-0.4, -0.2) is 12.5 Å². The predicted octanol–water partition coefficient (Wildman–Crippen LogP) is 1.45. The van der Waals surface area contributed by atoms with E-state index in [2.05, 4.69) is 5.32 Å². The van der Waals surface area contributed by atoms with Gasteiger partial charge in [0.1, 0.15) is 6.42 Å². The Morgan fingerprint density at radius 3 is 2.45 bits per heavy atom. The van der Waals surface area contributed by atoms with Crippen LogP contribution < -0.4 is 5.32 Å². The van der Waals surface area contributed by atoms with Crippen molar-refractivity contribution < 1.29 is 4.79 Å². The smallest absolute Gasteiger partial charge is 0.234 e. The van der Waals surface area contributed by atoms with E-state index in [9.17, 15) is 4.79 Å². The van der Waals surface area contributed by atoms with Crippen LogP contribution in [0.15, 0.2) is 0 Å². The molecule has 0 spiro atoms. The van der Waals surface area contributed by atoms with Gasteiger partial charge in [-0.15, -0.1) is 0 Å². The van der Waals surface area contributed by atoms with Crippen molar-refractivity contribution in [3.8, 4) is 6.07 Å². The first-order valence-electron chi connectivity index (χ1n) is 3.95. The second-order valence-electron chi connectivity index (χ2n) is 1.68. The molecule has 11 heavy (non-hydrogen) atoms. The third kappa shape index (κ3) is 12.2. The maximum absolute atomic E-state index is 10.5. The van der Waals surface area contributed by atoms with Crippen LogP contribution in [0.3, 0.4) is 0 Å². The van der Waals surface area contributed by atoms with Crippen molar-refractivity contribution in [1.82, 2.24) is 5.32 Å². The van der Waals surface area contributed by atoms with Gasteiger partial charge in [-0.1, -0.05) is 20.8 Å². The molecule has 0 atom stereocenters. The number of carbonyl (C=O) groups excluding carboxylic acids is 1. The lowest BCUT2D eigenvalue weighted by Crippen LogP contribution is -2.22. The van der Waals surface area contributed by atoms with Gasteiger partial charge in [-0.3, -0.25) is 4.79 Å². The van der Waals surface area contributed by atoms with E-state index >= 15 is 0 Å². The van der Waals surface area contributed by atoms with Crippen LogP contribution >= 0.6 is 0 Å². The fourth-order valence-electron chi connectivity index (χ4n) is 0.399. The molecule has 0 aromatic heterocycles. The lowest BCUT2D eigenvalue weighted by atomic mass is 10.4. The van der Waals surface area contributed by atoms with E-state index in [0.29, 0.717) is 6.54 Å². The average Bonchev–Trinajstić information content (AvgIpc) is 2.05. The number of rotatable bonds is 3. The summed E-state index contributed by atoms with van der Waals surface area (Å²) in [6, 6.07) is 1.76. The number of carbonyl (C=O) groups is 1. The summed E-state index contributed by atoms with van der Waals surface area (Å²) in [6.45, 7) is 6.63. The third-order valence-corrected chi connectivity index (χ3v) is 0.812. The lowest BCUT2D eigenvalue weighted by molar-refractivity contribution is -0.120. The molecule has 64 valence electrons. The highest BCUT2D eigenvalue weighted by molar-refractivity contribution is 5.77. The highest BCUT2D eigenvalue weighted by Crippen LogP contribution is 1.75. The Bertz CT molecular complexity index is 127. The van der Waals surface area contributed by atoms with E-state index < -0.39 is 0 Å². The summed E-state index contributed by atoms with van der Waals surface area (Å²) in [4.78, 5) is 10.5. The van der Waals surface area contributed by atoms with Gasteiger partial charge in [0.05, 0.1) is 6.07 Å². The molecule has 0 aliphatic heterocycles. The van der Waals surface area contributed by atoms with Gasteiger partial charge >= 0.3 is 0 Å². The molecule has 0 aromatic rings. The molecule has 0 rings (SSSR count). The molecule has 3 nitrogen and oxygen atoms in total. The molecule has 0 aromatic carbocycles. The van der Waals surface area contributed by atoms with Crippen molar-refractivity contribution in [3.05, 3.63) is 0 Å². The van der Waals surface area contributed by atoms with Crippen LogP contribution in [0.1, 0.15) is 33.6 Å². The Balaban J connectivity index is 0. The summed E-state index contributed by atoms with van der Waals surface area (Å²) in [5.74, 6) is -0.181. The monoisotopic (exact) mass is 156 g/mol. The van der Waals surface area contributed by atoms with Crippen LogP contribution in [-0.2, 0) is 4.79 Å². The predicted molar refractivity (Wildman–Crippen MR) is 44.9 cm³/mol. The standard InChI is InChI=1S/C6H10N2O.C2H6/c1-2-5-8-6(9)3-4-7;1-2/h2-3,5H2,1H3,(H,8,9);1-2H3. The van der Waals surface area contributed by atoms with E-state index in [1.807, 2.05) is 20.8 Å². The number of hydrogen-bond donors (Lipinski definition) is 1. The molecule has 1 amide bonds. The summed E-state index contributed by atoms with van der Waals surface area (Å²) in [5, 5.41) is 10.6. The molecular weight excluding hydrogens is 140 g/mol. The molecule has 0 bridgehead atoms. The zero-order valence-corrected chi connectivity index (χ0v) is 7.48. The average molecular weight is 156 g/mol. The molecule has 1 N–H and O–H groups in total. The van der Waals surface area contributed by atoms with Crippen LogP contribution in [0.5, 0.6) is 0 Å². The van der Waals surface area contributed by atoms with E-state index in [0.717, 1.165) is 6.42 Å². The molecule has 0 fully saturated rings. The van der Waals surface area contributed by atoms with Crippen LogP contribution in [0.2, 0.25) is 0 Å². The largest absolute Gasteiger partial charge is 0.355 e. The minimum absolute atomic E-state index is 0.0278. The van der Waals surface area contributed by atoms with Gasteiger partial charge in [0, 0.05) is 6.54 Å². The summed E-state index contributed by atoms with van der Waals surface area (Å²) in [7, 11) is 0. The number of nitrogens with zero attached hydrogens (tertiary/aromatic N) is 1. The lowest BCUT2D eigenvalue weighted by Gasteiger charge is -1.96. The Morgan fingerprint density at radius 2 is 2.09 bits per heavy atom. The summed E-state index contributed by atoms with van der Waals surface area (Å²) in [6.07, 6.45) is 0.886. The molecule has 0 unspecified atom stereocenters. The molecule has 0 saturated carbocycles. The number of nitrogens with one attached hydrogen (secondary N) is 1. The van der Waals surface area contributed by atoms with Crippen molar-refractivity contribution in [2.45, 2.75) is 33.6 Å². The Morgan fingerprint density at radius 1 is 1.55 bits per heavy atom. The van der Waals surface area contributed by atoms with E-state index in [4.69, 9.17) is 5.26 Å². The van der Waals surface area contributed by atoms with Crippen LogP contribution in [0.25, 0.3) is 0 Å². The van der Waals surface area contributed by atoms with Gasteiger partial charge in [-0.25, -0.2) is 0 Å². The molecule has 3 heteroatoms. The van der Waals surface area contributed by atoms with Crippen molar-refractivity contribution in [2.75, 3.05) is 6.54 Å². The topological polar surface area (TPSA) is 52.9 Å². The minimum Gasteiger partial charge on any atom is -0.355 e. The molecule has 0 heterocycles. The summed E-state index contributed by atoms with van der Waals surface area (Å²) in [5.41, 5.74) is 0. The third-order valence-electron chi connectivity index (χ3n) is 0.812. The van der Waals surface area contributed by atoms with Crippen molar-refractivity contribution in [1.29, 1.82) is 5.26 Å². The first-order chi connectivity index (χ1) is 5.31. The second kappa shape index (κ2) is 11.7. The fourth-order valence-corrected chi connectivity index (χ4v) is 0.399. The van der Waals surface area contributed by atoms with Gasteiger partial charge in [-0.2, -0.15) is 5.26 Å². The fraction of sp³-hybridized carbons (Fsp3) is 0.750. The first kappa shape index (κ1) is 12.6. The minimum atomic E-state index is -0.181. The molecule has 0 aliphatic carbocycles. The Labute approximate surface area is 68.4 Å². The van der Waals surface area contributed by atoms with Crippen molar-refractivity contribution >= 4 is 5.91 Å². The molecule has 0 aliphatic rings. The van der Waals surface area contributed by atoms with Gasteiger partial charge in [0.25, 0.3) is 0 Å². The zero-order valence-electron chi connectivity index (χ0n) is 7.48. The number of hydrogen-bond acceptors (Lipinski definition) is 2. The highest BCUT2D eigenvalue weighted by Gasteiger charge is 1.94. The molecular formula is C8H16N2O. The molecule has 0 radical (unpaired) electrons. The first-order valence-corrected chi connectivity index (χ1v) is 3.95. The molecule has 0 saturated heterocycles. The van der Waals surface area contributed by atoms with Crippen molar-refractivity contribution in [2.24, 2.45) is 0 Å². The van der Waals surface area contributed by atoms with Crippen LogP contribution in [0, 0.1) is 11.3 Å². The number of nitriles is 1. The quantitative estimate of drug-likeness (QED) is 0.672. The van der Waals surface area contributed by atoms with E-state index in [1.54, 1.807) is 6.07 Å². The van der Waals surface area contributed by atoms with Gasteiger partial charge in [-0.05, 0) is 6.42 Å². The van der Waals surface area contributed by atoms with Gasteiger partial charge in [0.2, 0.25) is 5.91 Å².